The molecule has 0 spiro atoms. The minimum atomic E-state index is -3.59. The van der Waals surface area contributed by atoms with Crippen LogP contribution in [0.2, 0.25) is 18.1 Å². The van der Waals surface area contributed by atoms with Crippen LogP contribution in [0.1, 0.15) is 55.2 Å². The molecule has 0 saturated carbocycles. The normalized spacial score (nSPS) is 13.1. The standard InChI is InChI=1S/C37H47FN2O5SSi/c1-6-47(7-2,8-3)45-37(26-39-34(24-28-14-19-32(38)20-15-28)30-16-21-33(43-4)22-17-30)31-18-23-36(35(25-31)40-46(5,41)42)44-27-29-12-10-9-11-13-29/h9-23,25,34,37,39-40H,6-8,24,26-27H2,1-5H3/t34-,37+/m1/s1. The van der Waals surface area contributed by atoms with Crippen molar-refractivity contribution in [1.82, 2.24) is 5.32 Å². The molecule has 0 saturated heterocycles. The van der Waals surface area contributed by atoms with Crippen LogP contribution < -0.4 is 19.5 Å². The highest BCUT2D eigenvalue weighted by molar-refractivity contribution is 7.92. The van der Waals surface area contributed by atoms with E-state index < -0.39 is 18.3 Å². The summed E-state index contributed by atoms with van der Waals surface area (Å²) in [4.78, 5) is 0. The molecule has 0 aliphatic rings. The molecule has 0 heterocycles. The zero-order chi connectivity index (χ0) is 33.9. The van der Waals surface area contributed by atoms with Gasteiger partial charge in [-0.3, -0.25) is 4.72 Å². The molecular formula is C37H47FN2O5SSi. The lowest BCUT2D eigenvalue weighted by Crippen LogP contribution is -2.40. The Morgan fingerprint density at radius 2 is 1.45 bits per heavy atom. The fourth-order valence-electron chi connectivity index (χ4n) is 5.67. The molecule has 0 unspecified atom stereocenters. The Balaban J connectivity index is 1.69. The maximum atomic E-state index is 13.7. The summed E-state index contributed by atoms with van der Waals surface area (Å²) in [5, 5.41) is 3.75. The van der Waals surface area contributed by atoms with Crippen molar-refractivity contribution < 1.29 is 26.7 Å². The molecule has 0 bridgehead atoms. The molecule has 0 amide bonds. The van der Waals surface area contributed by atoms with Crippen LogP contribution in [-0.4, -0.2) is 36.6 Å². The van der Waals surface area contributed by atoms with Crippen LogP contribution in [0, 0.1) is 5.82 Å². The zero-order valence-electron chi connectivity index (χ0n) is 28.0. The molecule has 0 fully saturated rings. The molecule has 2 atom stereocenters. The minimum absolute atomic E-state index is 0.111. The fourth-order valence-corrected chi connectivity index (χ4v) is 9.05. The van der Waals surface area contributed by atoms with Gasteiger partial charge in [0.05, 0.1) is 25.2 Å². The first-order valence-corrected chi connectivity index (χ1v) is 20.6. The Kier molecular flexibility index (Phi) is 13.0. The number of sulfonamides is 1. The highest BCUT2D eigenvalue weighted by atomic mass is 32.2. The second-order valence-electron chi connectivity index (χ2n) is 11.8. The summed E-state index contributed by atoms with van der Waals surface area (Å²) in [7, 11) is -4.07. The van der Waals surface area contributed by atoms with E-state index in [1.807, 2.05) is 84.9 Å². The van der Waals surface area contributed by atoms with E-state index in [1.165, 1.54) is 12.1 Å². The van der Waals surface area contributed by atoms with Gasteiger partial charge in [0.2, 0.25) is 10.0 Å². The predicted octanol–water partition coefficient (Wildman–Crippen LogP) is 8.42. The molecule has 0 aliphatic heterocycles. The summed E-state index contributed by atoms with van der Waals surface area (Å²) < 4.78 is 59.9. The van der Waals surface area contributed by atoms with E-state index in [2.05, 4.69) is 30.8 Å². The second-order valence-corrected chi connectivity index (χ2v) is 18.3. The van der Waals surface area contributed by atoms with E-state index in [4.69, 9.17) is 13.9 Å². The molecule has 4 aromatic rings. The lowest BCUT2D eigenvalue weighted by Gasteiger charge is -2.35. The van der Waals surface area contributed by atoms with Crippen LogP contribution >= 0.6 is 0 Å². The topological polar surface area (TPSA) is 85.9 Å². The van der Waals surface area contributed by atoms with Crippen molar-refractivity contribution in [2.75, 3.05) is 24.6 Å². The number of halogens is 1. The summed E-state index contributed by atoms with van der Waals surface area (Å²) in [6, 6.07) is 32.6. The maximum Gasteiger partial charge on any atom is 0.229 e. The number of anilines is 1. The molecule has 10 heteroatoms. The van der Waals surface area contributed by atoms with Gasteiger partial charge in [-0.2, -0.15) is 0 Å². The molecule has 0 aliphatic carbocycles. The van der Waals surface area contributed by atoms with Gasteiger partial charge in [-0.15, -0.1) is 0 Å². The number of hydrogen-bond acceptors (Lipinski definition) is 6. The van der Waals surface area contributed by atoms with Crippen LogP contribution in [0.25, 0.3) is 0 Å². The highest BCUT2D eigenvalue weighted by Crippen LogP contribution is 2.35. The molecule has 2 N–H and O–H groups in total. The van der Waals surface area contributed by atoms with Gasteiger partial charge in [0.1, 0.15) is 23.9 Å². The van der Waals surface area contributed by atoms with E-state index in [9.17, 15) is 12.8 Å². The number of rotatable bonds is 18. The number of benzene rings is 4. The first-order chi connectivity index (χ1) is 22.6. The Morgan fingerprint density at radius 3 is 2.04 bits per heavy atom. The van der Waals surface area contributed by atoms with Gasteiger partial charge in [-0.05, 0) is 83.2 Å². The second kappa shape index (κ2) is 16.9. The summed E-state index contributed by atoms with van der Waals surface area (Å²) in [5.41, 5.74) is 4.24. The lowest BCUT2D eigenvalue weighted by atomic mass is 9.98. The molecule has 4 aromatic carbocycles. The van der Waals surface area contributed by atoms with Crippen molar-refractivity contribution in [3.8, 4) is 11.5 Å². The fraction of sp³-hybridized carbons (Fsp3) is 0.351. The monoisotopic (exact) mass is 678 g/mol. The number of nitrogens with one attached hydrogen (secondary N) is 2. The third kappa shape index (κ3) is 10.7. The van der Waals surface area contributed by atoms with Crippen molar-refractivity contribution in [1.29, 1.82) is 0 Å². The van der Waals surface area contributed by atoms with Crippen molar-refractivity contribution in [3.63, 3.8) is 0 Å². The van der Waals surface area contributed by atoms with Gasteiger partial charge in [-0.25, -0.2) is 12.8 Å². The van der Waals surface area contributed by atoms with E-state index in [-0.39, 0.29) is 18.0 Å². The molecule has 4 rings (SSSR count). The maximum absolute atomic E-state index is 13.7. The summed E-state index contributed by atoms with van der Waals surface area (Å²) in [5.74, 6) is 0.929. The van der Waals surface area contributed by atoms with Gasteiger partial charge >= 0.3 is 0 Å². The Labute approximate surface area is 280 Å². The lowest BCUT2D eigenvalue weighted by molar-refractivity contribution is 0.181. The van der Waals surface area contributed by atoms with Gasteiger partial charge in [0, 0.05) is 12.6 Å². The third-order valence-corrected chi connectivity index (χ3v) is 13.9. The first-order valence-electron chi connectivity index (χ1n) is 16.1. The number of hydrogen-bond donors (Lipinski definition) is 2. The predicted molar refractivity (Wildman–Crippen MR) is 191 cm³/mol. The van der Waals surface area contributed by atoms with Gasteiger partial charge in [0.15, 0.2) is 8.32 Å². The Morgan fingerprint density at radius 1 is 0.809 bits per heavy atom. The van der Waals surface area contributed by atoms with Crippen LogP contribution in [0.4, 0.5) is 10.1 Å². The molecule has 0 radical (unpaired) electrons. The quantitative estimate of drug-likeness (QED) is 0.103. The summed E-state index contributed by atoms with van der Waals surface area (Å²) >= 11 is 0. The smallest absolute Gasteiger partial charge is 0.229 e. The SMILES string of the molecule is CC[Si](CC)(CC)O[C@@H](CN[C@H](Cc1ccc(F)cc1)c1ccc(OC)cc1)c1ccc(OCc2ccccc2)c(NS(C)(=O)=O)c1. The molecule has 252 valence electrons. The molecule has 0 aromatic heterocycles. The van der Waals surface area contributed by atoms with Crippen molar-refractivity contribution in [2.24, 2.45) is 0 Å². The van der Waals surface area contributed by atoms with Crippen molar-refractivity contribution in [2.45, 2.75) is 64.1 Å². The van der Waals surface area contributed by atoms with Crippen LogP contribution in [0.5, 0.6) is 11.5 Å². The Hall–Kier alpha value is -3.70. The first kappa shape index (κ1) is 36.1. The number of methoxy groups -OCH3 is 1. The van der Waals surface area contributed by atoms with E-state index in [0.717, 1.165) is 52.4 Å². The molecular weight excluding hydrogens is 632 g/mol. The van der Waals surface area contributed by atoms with Crippen LogP contribution in [-0.2, 0) is 27.5 Å². The van der Waals surface area contributed by atoms with Gasteiger partial charge < -0.3 is 19.2 Å². The van der Waals surface area contributed by atoms with E-state index in [1.54, 1.807) is 7.11 Å². The van der Waals surface area contributed by atoms with Crippen LogP contribution in [0.3, 0.4) is 0 Å². The third-order valence-electron chi connectivity index (χ3n) is 8.65. The minimum Gasteiger partial charge on any atom is -0.497 e. The summed E-state index contributed by atoms with van der Waals surface area (Å²) in [6.07, 6.45) is 1.40. The average Bonchev–Trinajstić information content (AvgIpc) is 3.08. The van der Waals surface area contributed by atoms with Crippen molar-refractivity contribution >= 4 is 24.0 Å². The molecule has 7 nitrogen and oxygen atoms in total. The highest BCUT2D eigenvalue weighted by Gasteiger charge is 2.33. The van der Waals surface area contributed by atoms with Crippen LogP contribution in [0.15, 0.2) is 97.1 Å². The molecule has 47 heavy (non-hydrogen) atoms. The summed E-state index contributed by atoms with van der Waals surface area (Å²) in [6.45, 7) is 7.33. The van der Waals surface area contributed by atoms with Gasteiger partial charge in [-0.1, -0.05) is 81.4 Å². The number of ether oxygens (including phenoxy) is 2. The van der Waals surface area contributed by atoms with E-state index in [0.29, 0.717) is 31.0 Å². The zero-order valence-corrected chi connectivity index (χ0v) is 29.8. The van der Waals surface area contributed by atoms with Crippen molar-refractivity contribution in [3.05, 3.63) is 125 Å². The largest absolute Gasteiger partial charge is 0.497 e. The van der Waals surface area contributed by atoms with Gasteiger partial charge in [0.25, 0.3) is 0 Å². The average molecular weight is 679 g/mol. The van der Waals surface area contributed by atoms with E-state index >= 15 is 0 Å². The Bertz CT molecular complexity index is 1640.